The van der Waals surface area contributed by atoms with Gasteiger partial charge in [0, 0.05) is 28.7 Å². The van der Waals surface area contributed by atoms with Crippen LogP contribution in [0.3, 0.4) is 0 Å². The molecular formula is C19H21ClN2O3S. The summed E-state index contributed by atoms with van der Waals surface area (Å²) in [5.74, 6) is 0.680. The monoisotopic (exact) mass is 392 g/mol. The van der Waals surface area contributed by atoms with Gasteiger partial charge in [-0.25, -0.2) is 13.1 Å². The normalized spacial score (nSPS) is 11.8. The molecule has 1 heterocycles. The molecule has 0 saturated carbocycles. The Kier molecular flexibility index (Phi) is 5.27. The van der Waals surface area contributed by atoms with Gasteiger partial charge in [-0.15, -0.1) is 0 Å². The van der Waals surface area contributed by atoms with Crippen LogP contribution in [0.4, 0.5) is 0 Å². The van der Waals surface area contributed by atoms with Gasteiger partial charge in [0.15, 0.2) is 0 Å². The van der Waals surface area contributed by atoms with Gasteiger partial charge in [-0.1, -0.05) is 17.7 Å². The molecule has 3 rings (SSSR count). The molecule has 0 fully saturated rings. The van der Waals surface area contributed by atoms with Gasteiger partial charge in [-0.3, -0.25) is 0 Å². The highest BCUT2D eigenvalue weighted by molar-refractivity contribution is 7.89. The Balaban J connectivity index is 1.75. The molecule has 0 aliphatic carbocycles. The Hall–Kier alpha value is -2.02. The second-order valence-electron chi connectivity index (χ2n) is 6.24. The standard InChI is InChI=1S/C19H21ClN2O3S/c1-12-9-19(13(2)8-18(12)25-3)26(23,24)22-7-6-14-11-21-17-10-15(20)4-5-16(14)17/h4-5,8-11,21-22H,6-7H2,1-3H3. The van der Waals surface area contributed by atoms with Crippen LogP contribution in [0.1, 0.15) is 16.7 Å². The van der Waals surface area contributed by atoms with Crippen molar-refractivity contribution in [3.63, 3.8) is 0 Å². The van der Waals surface area contributed by atoms with Crippen LogP contribution >= 0.6 is 11.6 Å². The summed E-state index contributed by atoms with van der Waals surface area (Å²) in [5.41, 5.74) is 3.42. The third-order valence-corrected chi connectivity index (χ3v) is 6.24. The highest BCUT2D eigenvalue weighted by atomic mass is 35.5. The van der Waals surface area contributed by atoms with Crippen molar-refractivity contribution in [3.05, 3.63) is 58.2 Å². The van der Waals surface area contributed by atoms with Gasteiger partial charge in [0.25, 0.3) is 0 Å². The highest BCUT2D eigenvalue weighted by Gasteiger charge is 2.18. The Morgan fingerprint density at radius 3 is 2.65 bits per heavy atom. The van der Waals surface area contributed by atoms with E-state index in [1.54, 1.807) is 26.2 Å². The zero-order valence-corrected chi connectivity index (χ0v) is 16.5. The molecule has 2 N–H and O–H groups in total. The summed E-state index contributed by atoms with van der Waals surface area (Å²) in [6.45, 7) is 3.90. The van der Waals surface area contributed by atoms with E-state index in [0.717, 1.165) is 22.0 Å². The summed E-state index contributed by atoms with van der Waals surface area (Å²) >= 11 is 5.99. The van der Waals surface area contributed by atoms with Gasteiger partial charge in [0.05, 0.1) is 12.0 Å². The van der Waals surface area contributed by atoms with Crippen LogP contribution in [0.5, 0.6) is 5.75 Å². The third kappa shape index (κ3) is 3.72. The topological polar surface area (TPSA) is 71.2 Å². The van der Waals surface area contributed by atoms with Crippen molar-refractivity contribution in [2.75, 3.05) is 13.7 Å². The fourth-order valence-electron chi connectivity index (χ4n) is 3.04. The number of ether oxygens (including phenoxy) is 1. The minimum Gasteiger partial charge on any atom is -0.496 e. The van der Waals surface area contributed by atoms with Crippen LogP contribution in [0.15, 0.2) is 41.4 Å². The Bertz CT molecular complexity index is 1060. The van der Waals surface area contributed by atoms with Crippen molar-refractivity contribution in [3.8, 4) is 5.75 Å². The molecule has 5 nitrogen and oxygen atoms in total. The first kappa shape index (κ1) is 18.8. The van der Waals surface area contributed by atoms with Crippen LogP contribution < -0.4 is 9.46 Å². The van der Waals surface area contributed by atoms with Gasteiger partial charge >= 0.3 is 0 Å². The highest BCUT2D eigenvalue weighted by Crippen LogP contribution is 2.26. The lowest BCUT2D eigenvalue weighted by atomic mass is 10.1. The number of aryl methyl sites for hydroxylation is 2. The molecule has 0 aliphatic heterocycles. The summed E-state index contributed by atoms with van der Waals surface area (Å²) in [5, 5.41) is 1.71. The van der Waals surface area contributed by atoms with Gasteiger partial charge in [0.2, 0.25) is 10.0 Å². The SMILES string of the molecule is COc1cc(C)c(S(=O)(=O)NCCc2c[nH]c3cc(Cl)ccc23)cc1C. The van der Waals surface area contributed by atoms with Crippen molar-refractivity contribution >= 4 is 32.5 Å². The largest absolute Gasteiger partial charge is 0.496 e. The molecule has 0 amide bonds. The molecule has 7 heteroatoms. The first-order valence-corrected chi connectivity index (χ1v) is 10.1. The molecule has 3 aromatic rings. The number of methoxy groups -OCH3 is 1. The number of aromatic amines is 1. The van der Waals surface area contributed by atoms with Crippen molar-refractivity contribution in [1.29, 1.82) is 0 Å². The Morgan fingerprint density at radius 1 is 1.15 bits per heavy atom. The van der Waals surface area contributed by atoms with Gasteiger partial charge in [0.1, 0.15) is 5.75 Å². The molecule has 0 radical (unpaired) electrons. The number of sulfonamides is 1. The predicted molar refractivity (Wildman–Crippen MR) is 105 cm³/mol. The molecule has 26 heavy (non-hydrogen) atoms. The van der Waals surface area contributed by atoms with E-state index in [2.05, 4.69) is 9.71 Å². The average molecular weight is 393 g/mol. The van der Waals surface area contributed by atoms with E-state index in [4.69, 9.17) is 16.3 Å². The number of H-pyrrole nitrogens is 1. The fourth-order valence-corrected chi connectivity index (χ4v) is 4.55. The number of fused-ring (bicyclic) bond motifs is 1. The van der Waals surface area contributed by atoms with Gasteiger partial charge < -0.3 is 9.72 Å². The van der Waals surface area contributed by atoms with E-state index in [1.807, 2.05) is 31.3 Å². The van der Waals surface area contributed by atoms with Crippen LogP contribution in [0.25, 0.3) is 10.9 Å². The van der Waals surface area contributed by atoms with Crippen LogP contribution in [-0.2, 0) is 16.4 Å². The number of aromatic nitrogens is 1. The Morgan fingerprint density at radius 2 is 1.92 bits per heavy atom. The molecular weight excluding hydrogens is 372 g/mol. The van der Waals surface area contributed by atoms with Crippen LogP contribution in [-0.4, -0.2) is 27.1 Å². The molecule has 0 unspecified atom stereocenters. The quantitative estimate of drug-likeness (QED) is 0.666. The first-order valence-electron chi connectivity index (χ1n) is 8.22. The minimum absolute atomic E-state index is 0.279. The summed E-state index contributed by atoms with van der Waals surface area (Å²) in [4.78, 5) is 3.44. The lowest BCUT2D eigenvalue weighted by molar-refractivity contribution is 0.411. The lowest BCUT2D eigenvalue weighted by Crippen LogP contribution is -2.26. The van der Waals surface area contributed by atoms with E-state index in [-0.39, 0.29) is 4.90 Å². The number of benzene rings is 2. The molecule has 2 aromatic carbocycles. The summed E-state index contributed by atoms with van der Waals surface area (Å²) in [6, 6.07) is 9.01. The molecule has 0 atom stereocenters. The summed E-state index contributed by atoms with van der Waals surface area (Å²) < 4.78 is 33.3. The zero-order valence-electron chi connectivity index (χ0n) is 14.9. The van der Waals surface area contributed by atoms with E-state index >= 15 is 0 Å². The zero-order chi connectivity index (χ0) is 18.9. The number of hydrogen-bond acceptors (Lipinski definition) is 3. The number of nitrogens with one attached hydrogen (secondary N) is 2. The maximum Gasteiger partial charge on any atom is 0.240 e. The van der Waals surface area contributed by atoms with Crippen molar-refractivity contribution in [1.82, 2.24) is 9.71 Å². The van der Waals surface area contributed by atoms with E-state index in [9.17, 15) is 8.42 Å². The molecule has 0 spiro atoms. The smallest absolute Gasteiger partial charge is 0.240 e. The minimum atomic E-state index is -3.59. The number of rotatable bonds is 6. The second kappa shape index (κ2) is 7.31. The molecule has 0 bridgehead atoms. The summed E-state index contributed by atoms with van der Waals surface area (Å²) in [6.07, 6.45) is 2.47. The van der Waals surface area contributed by atoms with Crippen molar-refractivity contribution in [2.24, 2.45) is 0 Å². The summed E-state index contributed by atoms with van der Waals surface area (Å²) in [7, 11) is -2.02. The maximum atomic E-state index is 12.7. The average Bonchev–Trinajstić information content (AvgIpc) is 2.98. The molecule has 138 valence electrons. The van der Waals surface area contributed by atoms with E-state index < -0.39 is 10.0 Å². The van der Waals surface area contributed by atoms with Gasteiger partial charge in [-0.05, 0) is 61.2 Å². The molecule has 0 saturated heterocycles. The van der Waals surface area contributed by atoms with Gasteiger partial charge in [-0.2, -0.15) is 0 Å². The number of halogens is 1. The molecule has 0 aliphatic rings. The van der Waals surface area contributed by atoms with Crippen molar-refractivity contribution in [2.45, 2.75) is 25.2 Å². The van der Waals surface area contributed by atoms with Crippen LogP contribution in [0.2, 0.25) is 5.02 Å². The molecule has 1 aromatic heterocycles. The fraction of sp³-hybridized carbons (Fsp3) is 0.263. The predicted octanol–water partition coefficient (Wildman–Crippen LogP) is 3.97. The Labute approximate surface area is 158 Å². The lowest BCUT2D eigenvalue weighted by Gasteiger charge is -2.12. The van der Waals surface area contributed by atoms with E-state index in [0.29, 0.717) is 29.3 Å². The maximum absolute atomic E-state index is 12.7. The van der Waals surface area contributed by atoms with Crippen LogP contribution in [0, 0.1) is 13.8 Å². The van der Waals surface area contributed by atoms with E-state index in [1.165, 1.54) is 0 Å². The van der Waals surface area contributed by atoms with Crippen molar-refractivity contribution < 1.29 is 13.2 Å². The number of hydrogen-bond donors (Lipinski definition) is 2. The second-order valence-corrected chi connectivity index (χ2v) is 8.41. The third-order valence-electron chi connectivity index (χ3n) is 4.40. The first-order chi connectivity index (χ1) is 12.3.